The van der Waals surface area contributed by atoms with E-state index in [0.29, 0.717) is 5.92 Å². The molecule has 4 aliphatic rings. The minimum absolute atomic E-state index is 0.611. The molecule has 4 aliphatic carbocycles. The van der Waals surface area contributed by atoms with Gasteiger partial charge in [0.25, 0.3) is 0 Å². The SMILES string of the molecule is C1=CC2C3C=CC1C=CC23. The van der Waals surface area contributed by atoms with Crippen molar-refractivity contribution in [3.63, 3.8) is 0 Å². The molecular weight excluding hydrogens is 120 g/mol. The predicted molar refractivity (Wildman–Crippen MR) is 41.4 cm³/mol. The Morgan fingerprint density at radius 3 is 1.30 bits per heavy atom. The molecule has 0 spiro atoms. The third kappa shape index (κ3) is 0.476. The molecule has 1 fully saturated rings. The summed E-state index contributed by atoms with van der Waals surface area (Å²) in [4.78, 5) is 0. The van der Waals surface area contributed by atoms with Crippen molar-refractivity contribution in [1.29, 1.82) is 0 Å². The van der Waals surface area contributed by atoms with Crippen molar-refractivity contribution in [2.45, 2.75) is 0 Å². The van der Waals surface area contributed by atoms with Crippen LogP contribution in [0.15, 0.2) is 36.5 Å². The van der Waals surface area contributed by atoms with E-state index in [-0.39, 0.29) is 0 Å². The van der Waals surface area contributed by atoms with Crippen LogP contribution in [0.1, 0.15) is 0 Å². The first-order chi connectivity index (χ1) is 4.95. The molecule has 4 rings (SSSR count). The molecule has 0 heterocycles. The molecule has 0 N–H and O–H groups in total. The molecule has 0 saturated heterocycles. The number of rotatable bonds is 0. The average Bonchev–Trinajstić information content (AvgIpc) is 2.67. The third-order valence-electron chi connectivity index (χ3n) is 2.86. The first-order valence-electron chi connectivity index (χ1n) is 4.00. The Bertz CT molecular complexity index is 196. The van der Waals surface area contributed by atoms with Gasteiger partial charge in [-0.1, -0.05) is 36.5 Å². The van der Waals surface area contributed by atoms with Crippen LogP contribution in [-0.2, 0) is 0 Å². The lowest BCUT2D eigenvalue weighted by atomic mass is 10.1. The van der Waals surface area contributed by atoms with Gasteiger partial charge < -0.3 is 0 Å². The zero-order valence-electron chi connectivity index (χ0n) is 5.77. The quantitative estimate of drug-likeness (QED) is 0.441. The van der Waals surface area contributed by atoms with E-state index in [1.165, 1.54) is 0 Å². The maximum atomic E-state index is 2.39. The van der Waals surface area contributed by atoms with E-state index in [4.69, 9.17) is 0 Å². The summed E-state index contributed by atoms with van der Waals surface area (Å²) in [5.74, 6) is 3.19. The third-order valence-corrected chi connectivity index (χ3v) is 2.86. The van der Waals surface area contributed by atoms with Crippen molar-refractivity contribution in [2.75, 3.05) is 0 Å². The minimum Gasteiger partial charge on any atom is -0.0833 e. The summed E-state index contributed by atoms with van der Waals surface area (Å²) in [6, 6.07) is 0. The standard InChI is InChI=1S/C10H10/c1-4-8-9-5-2-7(1)3-6-10(8)9/h1-10H. The summed E-state index contributed by atoms with van der Waals surface area (Å²) < 4.78 is 0. The van der Waals surface area contributed by atoms with Crippen LogP contribution in [0.3, 0.4) is 0 Å². The van der Waals surface area contributed by atoms with E-state index < -0.39 is 0 Å². The maximum Gasteiger partial charge on any atom is 0.0127 e. The van der Waals surface area contributed by atoms with E-state index in [1.54, 1.807) is 0 Å². The normalized spacial score (nSPS) is 52.8. The Morgan fingerprint density at radius 1 is 0.500 bits per heavy atom. The van der Waals surface area contributed by atoms with Crippen molar-refractivity contribution in [1.82, 2.24) is 0 Å². The van der Waals surface area contributed by atoms with Gasteiger partial charge in [-0.25, -0.2) is 0 Å². The lowest BCUT2D eigenvalue weighted by molar-refractivity contribution is 1.00. The molecule has 10 heavy (non-hydrogen) atoms. The second kappa shape index (κ2) is 1.45. The van der Waals surface area contributed by atoms with Crippen molar-refractivity contribution in [3.8, 4) is 0 Å². The van der Waals surface area contributed by atoms with Gasteiger partial charge in [0, 0.05) is 5.92 Å². The van der Waals surface area contributed by atoms with Gasteiger partial charge >= 0.3 is 0 Å². The summed E-state index contributed by atoms with van der Waals surface area (Å²) in [5.41, 5.74) is 0. The smallest absolute Gasteiger partial charge is 0.0127 e. The predicted octanol–water partition coefficient (Wildman–Crippen LogP) is 2.16. The molecule has 4 bridgehead atoms. The van der Waals surface area contributed by atoms with Crippen LogP contribution in [-0.4, -0.2) is 0 Å². The van der Waals surface area contributed by atoms with Gasteiger partial charge in [-0.05, 0) is 17.8 Å². The summed E-state index contributed by atoms with van der Waals surface area (Å²) in [6.45, 7) is 0. The van der Waals surface area contributed by atoms with Crippen LogP contribution in [0, 0.1) is 23.7 Å². The molecule has 0 aromatic carbocycles. The Kier molecular flexibility index (Phi) is 0.715. The van der Waals surface area contributed by atoms with Crippen LogP contribution >= 0.6 is 0 Å². The Morgan fingerprint density at radius 2 is 0.900 bits per heavy atom. The number of hydrogen-bond acceptors (Lipinski definition) is 0. The van der Waals surface area contributed by atoms with Crippen molar-refractivity contribution < 1.29 is 0 Å². The maximum absolute atomic E-state index is 2.39. The summed E-state index contributed by atoms with van der Waals surface area (Å²) in [5, 5.41) is 0. The van der Waals surface area contributed by atoms with E-state index in [2.05, 4.69) is 36.5 Å². The Balaban J connectivity index is 2.17. The highest BCUT2D eigenvalue weighted by atomic mass is 14.5. The average molecular weight is 130 g/mol. The molecule has 0 nitrogen and oxygen atoms in total. The van der Waals surface area contributed by atoms with Gasteiger partial charge in [-0.3, -0.25) is 0 Å². The second-order valence-corrected chi connectivity index (χ2v) is 3.46. The lowest BCUT2D eigenvalue weighted by Gasteiger charge is -1.93. The van der Waals surface area contributed by atoms with Crippen LogP contribution in [0.4, 0.5) is 0 Å². The minimum atomic E-state index is 0.611. The molecular formula is C10H10. The molecule has 1 saturated carbocycles. The molecule has 0 amide bonds. The summed E-state index contributed by atoms with van der Waals surface area (Å²) in [6.07, 6.45) is 14.1. The van der Waals surface area contributed by atoms with E-state index in [0.717, 1.165) is 17.8 Å². The monoisotopic (exact) mass is 130 g/mol. The number of allylic oxidation sites excluding steroid dienone is 6. The van der Waals surface area contributed by atoms with Crippen LogP contribution in [0.25, 0.3) is 0 Å². The first-order valence-corrected chi connectivity index (χ1v) is 4.00. The molecule has 0 aliphatic heterocycles. The highest BCUT2D eigenvalue weighted by Crippen LogP contribution is 2.52. The van der Waals surface area contributed by atoms with Gasteiger partial charge in [0.05, 0.1) is 0 Å². The van der Waals surface area contributed by atoms with Gasteiger partial charge in [0.15, 0.2) is 0 Å². The molecule has 0 aromatic heterocycles. The molecule has 0 aromatic rings. The fourth-order valence-electron chi connectivity index (χ4n) is 2.12. The fourth-order valence-corrected chi connectivity index (χ4v) is 2.12. The van der Waals surface area contributed by atoms with Crippen molar-refractivity contribution in [3.05, 3.63) is 36.5 Å². The number of hydrogen-bond donors (Lipinski definition) is 0. The molecule has 0 unspecified atom stereocenters. The molecule has 0 heteroatoms. The fraction of sp³-hybridized carbons (Fsp3) is 0.400. The topological polar surface area (TPSA) is 0 Å². The summed E-state index contributed by atoms with van der Waals surface area (Å²) in [7, 11) is 0. The largest absolute Gasteiger partial charge is 0.0833 e. The Labute approximate surface area is 60.9 Å². The second-order valence-electron chi connectivity index (χ2n) is 3.46. The molecule has 0 atom stereocenters. The van der Waals surface area contributed by atoms with E-state index in [1.807, 2.05) is 0 Å². The highest BCUT2D eigenvalue weighted by molar-refractivity contribution is 5.32. The van der Waals surface area contributed by atoms with Crippen LogP contribution in [0.5, 0.6) is 0 Å². The summed E-state index contributed by atoms with van der Waals surface area (Å²) >= 11 is 0. The van der Waals surface area contributed by atoms with Crippen molar-refractivity contribution >= 4 is 0 Å². The lowest BCUT2D eigenvalue weighted by Crippen LogP contribution is -1.80. The van der Waals surface area contributed by atoms with Gasteiger partial charge in [0.1, 0.15) is 0 Å². The van der Waals surface area contributed by atoms with Gasteiger partial charge in [-0.2, -0.15) is 0 Å². The first kappa shape index (κ1) is 4.95. The van der Waals surface area contributed by atoms with Crippen LogP contribution < -0.4 is 0 Å². The zero-order chi connectivity index (χ0) is 6.55. The highest BCUT2D eigenvalue weighted by Gasteiger charge is 2.46. The van der Waals surface area contributed by atoms with E-state index >= 15 is 0 Å². The van der Waals surface area contributed by atoms with E-state index in [9.17, 15) is 0 Å². The van der Waals surface area contributed by atoms with Crippen LogP contribution in [0.2, 0.25) is 0 Å². The molecule has 50 valence electrons. The molecule has 0 radical (unpaired) electrons. The van der Waals surface area contributed by atoms with Gasteiger partial charge in [-0.15, -0.1) is 0 Å². The zero-order valence-corrected chi connectivity index (χ0v) is 5.77. The van der Waals surface area contributed by atoms with Gasteiger partial charge in [0.2, 0.25) is 0 Å². The Hall–Kier alpha value is -0.780. The van der Waals surface area contributed by atoms with Crippen molar-refractivity contribution in [2.24, 2.45) is 23.7 Å².